The number of aromatic nitrogens is 2. The number of benzene rings is 1. The minimum absolute atomic E-state index is 0.314. The molecule has 3 rings (SSSR count). The van der Waals surface area contributed by atoms with E-state index in [0.29, 0.717) is 22.9 Å². The molecule has 1 unspecified atom stereocenters. The zero-order valence-corrected chi connectivity index (χ0v) is 9.90. The van der Waals surface area contributed by atoms with Crippen LogP contribution in [0.15, 0.2) is 12.1 Å². The molecule has 5 heteroatoms. The second-order valence-electron chi connectivity index (χ2n) is 4.90. The van der Waals surface area contributed by atoms with Crippen LogP contribution in [0.5, 0.6) is 0 Å². The second-order valence-corrected chi connectivity index (χ2v) is 4.90. The van der Waals surface area contributed by atoms with Gasteiger partial charge in [-0.15, -0.1) is 0 Å². The van der Waals surface area contributed by atoms with Gasteiger partial charge in [0.15, 0.2) is 0 Å². The number of aromatic amines is 1. The lowest BCUT2D eigenvalue weighted by Crippen LogP contribution is -1.99. The van der Waals surface area contributed by atoms with Crippen molar-refractivity contribution in [2.24, 2.45) is 5.92 Å². The number of nitrogens with one attached hydrogen (secondary N) is 1. The van der Waals surface area contributed by atoms with E-state index in [1.165, 1.54) is 25.0 Å². The molecule has 2 aromatic rings. The molecule has 0 radical (unpaired) electrons. The number of rotatable bonds is 3. The Kier molecular flexibility index (Phi) is 2.36. The van der Waals surface area contributed by atoms with E-state index in [1.54, 1.807) is 0 Å². The number of imidazole rings is 1. The van der Waals surface area contributed by atoms with Crippen molar-refractivity contribution in [2.45, 2.75) is 25.7 Å². The number of carboxylic acid groups (broad SMARTS) is 1. The Balaban J connectivity index is 2.08. The van der Waals surface area contributed by atoms with Crippen molar-refractivity contribution in [3.8, 4) is 0 Å². The van der Waals surface area contributed by atoms with Crippen LogP contribution < -0.4 is 0 Å². The average Bonchev–Trinajstić information content (AvgIpc) is 3.07. The van der Waals surface area contributed by atoms with Gasteiger partial charge in [0.05, 0.1) is 16.6 Å². The molecule has 4 nitrogen and oxygen atoms in total. The molecule has 1 aliphatic carbocycles. The van der Waals surface area contributed by atoms with E-state index < -0.39 is 11.8 Å². The Morgan fingerprint density at radius 3 is 2.89 bits per heavy atom. The van der Waals surface area contributed by atoms with Gasteiger partial charge in [0, 0.05) is 12.0 Å². The molecule has 1 saturated carbocycles. The van der Waals surface area contributed by atoms with Gasteiger partial charge in [0.25, 0.3) is 0 Å². The third-order valence-electron chi connectivity index (χ3n) is 3.58. The van der Waals surface area contributed by atoms with E-state index in [9.17, 15) is 9.18 Å². The Bertz CT molecular complexity index is 631. The highest BCUT2D eigenvalue weighted by Gasteiger charge is 2.31. The summed E-state index contributed by atoms with van der Waals surface area (Å²) in [7, 11) is 0. The first kappa shape index (κ1) is 11.2. The van der Waals surface area contributed by atoms with Gasteiger partial charge in [-0.1, -0.05) is 6.92 Å². The summed E-state index contributed by atoms with van der Waals surface area (Å²) in [6.45, 7) is 2.09. The maximum Gasteiger partial charge on any atom is 0.338 e. The molecule has 0 aliphatic heterocycles. The summed E-state index contributed by atoms with van der Waals surface area (Å²) < 4.78 is 13.5. The minimum atomic E-state index is -1.27. The summed E-state index contributed by atoms with van der Waals surface area (Å²) in [6, 6.07) is 2.49. The first-order chi connectivity index (χ1) is 8.56. The fraction of sp³-hybridized carbons (Fsp3) is 0.385. The number of aromatic carboxylic acids is 1. The standard InChI is InChI=1S/C13H13FN2O2/c1-6(7-2-3-7)12-15-10-4-8(13(17)18)9(14)5-11(10)16-12/h4-7H,2-3H2,1H3,(H,15,16)(H,17,18). The fourth-order valence-electron chi connectivity index (χ4n) is 2.25. The van der Waals surface area contributed by atoms with Gasteiger partial charge in [-0.05, 0) is 24.8 Å². The molecule has 0 amide bonds. The third kappa shape index (κ3) is 1.75. The smallest absolute Gasteiger partial charge is 0.338 e. The predicted octanol–water partition coefficient (Wildman–Crippen LogP) is 2.91. The largest absolute Gasteiger partial charge is 0.478 e. The van der Waals surface area contributed by atoms with Gasteiger partial charge in [-0.25, -0.2) is 14.2 Å². The van der Waals surface area contributed by atoms with Crippen LogP contribution in [-0.2, 0) is 0 Å². The van der Waals surface area contributed by atoms with E-state index in [-0.39, 0.29) is 5.56 Å². The molecule has 0 bridgehead atoms. The topological polar surface area (TPSA) is 66.0 Å². The molecule has 18 heavy (non-hydrogen) atoms. The SMILES string of the molecule is CC(c1nc2cc(C(=O)O)c(F)cc2[nH]1)C1CC1. The summed E-state index contributed by atoms with van der Waals surface area (Å²) in [5, 5.41) is 8.86. The van der Waals surface area contributed by atoms with E-state index in [4.69, 9.17) is 5.11 Å². The number of fused-ring (bicyclic) bond motifs is 1. The fourth-order valence-corrected chi connectivity index (χ4v) is 2.25. The number of carbonyl (C=O) groups is 1. The Hall–Kier alpha value is -1.91. The molecule has 1 aromatic heterocycles. The van der Waals surface area contributed by atoms with Crippen LogP contribution in [-0.4, -0.2) is 21.0 Å². The van der Waals surface area contributed by atoms with Gasteiger partial charge in [0.2, 0.25) is 0 Å². The molecule has 94 valence electrons. The normalized spacial score (nSPS) is 17.0. The highest BCUT2D eigenvalue weighted by molar-refractivity contribution is 5.92. The molecule has 1 fully saturated rings. The Morgan fingerprint density at radius 1 is 1.56 bits per heavy atom. The summed E-state index contributed by atoms with van der Waals surface area (Å²) in [5.41, 5.74) is 0.732. The number of hydrogen-bond donors (Lipinski definition) is 2. The molecule has 0 saturated heterocycles. The van der Waals surface area contributed by atoms with Gasteiger partial charge >= 0.3 is 5.97 Å². The Labute approximate surface area is 103 Å². The first-order valence-corrected chi connectivity index (χ1v) is 5.98. The van der Waals surface area contributed by atoms with Crippen molar-refractivity contribution in [1.82, 2.24) is 9.97 Å². The lowest BCUT2D eigenvalue weighted by atomic mass is 10.1. The van der Waals surface area contributed by atoms with Crippen molar-refractivity contribution < 1.29 is 14.3 Å². The minimum Gasteiger partial charge on any atom is -0.478 e. The Morgan fingerprint density at radius 2 is 2.28 bits per heavy atom. The van der Waals surface area contributed by atoms with Crippen molar-refractivity contribution in [2.75, 3.05) is 0 Å². The summed E-state index contributed by atoms with van der Waals surface area (Å²) in [4.78, 5) is 18.3. The van der Waals surface area contributed by atoms with Gasteiger partial charge in [-0.3, -0.25) is 0 Å². The lowest BCUT2D eigenvalue weighted by Gasteiger charge is -2.04. The molecule has 1 heterocycles. The van der Waals surface area contributed by atoms with Crippen molar-refractivity contribution in [3.63, 3.8) is 0 Å². The molecule has 1 aliphatic rings. The monoisotopic (exact) mass is 248 g/mol. The second kappa shape index (κ2) is 3.80. The van der Waals surface area contributed by atoms with Crippen molar-refractivity contribution in [1.29, 1.82) is 0 Å². The number of carboxylic acids is 1. The van der Waals surface area contributed by atoms with Crippen molar-refractivity contribution >= 4 is 17.0 Å². The molecular weight excluding hydrogens is 235 g/mol. The summed E-state index contributed by atoms with van der Waals surface area (Å²) >= 11 is 0. The molecule has 1 aromatic carbocycles. The maximum absolute atomic E-state index is 13.5. The zero-order chi connectivity index (χ0) is 12.9. The van der Waals surface area contributed by atoms with Crippen LogP contribution in [0.3, 0.4) is 0 Å². The van der Waals surface area contributed by atoms with E-state index in [1.807, 2.05) is 0 Å². The number of H-pyrrole nitrogens is 1. The molecule has 0 spiro atoms. The van der Waals surface area contributed by atoms with E-state index in [0.717, 1.165) is 5.82 Å². The predicted molar refractivity (Wildman–Crippen MR) is 64.2 cm³/mol. The van der Waals surface area contributed by atoms with Gasteiger partial charge in [0.1, 0.15) is 11.6 Å². The lowest BCUT2D eigenvalue weighted by molar-refractivity contribution is 0.0692. The van der Waals surface area contributed by atoms with Gasteiger partial charge in [-0.2, -0.15) is 0 Å². The zero-order valence-electron chi connectivity index (χ0n) is 9.90. The van der Waals surface area contributed by atoms with Crippen molar-refractivity contribution in [3.05, 3.63) is 29.3 Å². The third-order valence-corrected chi connectivity index (χ3v) is 3.58. The molecule has 1 atom stereocenters. The number of nitrogens with zero attached hydrogens (tertiary/aromatic N) is 1. The van der Waals surface area contributed by atoms with Gasteiger partial charge < -0.3 is 10.1 Å². The van der Waals surface area contributed by atoms with Crippen LogP contribution in [0.1, 0.15) is 41.9 Å². The highest BCUT2D eigenvalue weighted by Crippen LogP contribution is 2.41. The maximum atomic E-state index is 13.5. The summed E-state index contributed by atoms with van der Waals surface area (Å²) in [5.74, 6) is -0.226. The van der Waals surface area contributed by atoms with Crippen LogP contribution in [0, 0.1) is 11.7 Å². The van der Waals surface area contributed by atoms with Crippen LogP contribution >= 0.6 is 0 Å². The summed E-state index contributed by atoms with van der Waals surface area (Å²) in [6.07, 6.45) is 2.40. The van der Waals surface area contributed by atoms with E-state index in [2.05, 4.69) is 16.9 Å². The van der Waals surface area contributed by atoms with E-state index >= 15 is 0 Å². The molecular formula is C13H13FN2O2. The van der Waals surface area contributed by atoms with Crippen LogP contribution in [0.25, 0.3) is 11.0 Å². The first-order valence-electron chi connectivity index (χ1n) is 5.98. The van der Waals surface area contributed by atoms with Crippen LogP contribution in [0.2, 0.25) is 0 Å². The number of halogens is 1. The number of hydrogen-bond acceptors (Lipinski definition) is 2. The quantitative estimate of drug-likeness (QED) is 0.877. The molecule has 2 N–H and O–H groups in total. The highest BCUT2D eigenvalue weighted by atomic mass is 19.1. The van der Waals surface area contributed by atoms with Crippen LogP contribution in [0.4, 0.5) is 4.39 Å². The average molecular weight is 248 g/mol.